The van der Waals surface area contributed by atoms with Crippen molar-refractivity contribution in [2.45, 2.75) is 13.3 Å². The fourth-order valence-electron chi connectivity index (χ4n) is 1.19. The average molecular weight is 273 g/mol. The summed E-state index contributed by atoms with van der Waals surface area (Å²) in [4.78, 5) is 22.5. The number of halogens is 2. The van der Waals surface area contributed by atoms with Gasteiger partial charge in [-0.2, -0.15) is 0 Å². The molecule has 0 aromatic heterocycles. The smallest absolute Gasteiger partial charge is 0.176 e. The molecular formula is C11H10BrFO2. The van der Waals surface area contributed by atoms with Gasteiger partial charge in [-0.05, 0) is 12.1 Å². The molecule has 0 bridgehead atoms. The molecule has 0 radical (unpaired) electrons. The number of ketones is 2. The highest BCUT2D eigenvalue weighted by Crippen LogP contribution is 2.13. The van der Waals surface area contributed by atoms with Crippen molar-refractivity contribution in [3.05, 3.63) is 35.1 Å². The van der Waals surface area contributed by atoms with Gasteiger partial charge in [-0.25, -0.2) is 4.39 Å². The van der Waals surface area contributed by atoms with E-state index in [0.29, 0.717) is 12.0 Å². The third kappa shape index (κ3) is 2.72. The molecule has 0 saturated heterocycles. The molecule has 0 aliphatic rings. The Kier molecular flexibility index (Phi) is 4.15. The van der Waals surface area contributed by atoms with Crippen LogP contribution in [0, 0.1) is 5.82 Å². The van der Waals surface area contributed by atoms with Gasteiger partial charge in [0.2, 0.25) is 0 Å². The lowest BCUT2D eigenvalue weighted by molar-refractivity contribution is 0.0982. The molecule has 0 aliphatic carbocycles. The summed E-state index contributed by atoms with van der Waals surface area (Å²) in [6, 6.07) is 3.94. The Labute approximate surface area is 95.6 Å². The van der Waals surface area contributed by atoms with Crippen LogP contribution in [0.1, 0.15) is 34.1 Å². The largest absolute Gasteiger partial charge is 0.294 e. The number of carbonyl (C=O) groups excluding carboxylic acids is 2. The predicted molar refractivity (Wildman–Crippen MR) is 59.1 cm³/mol. The first kappa shape index (κ1) is 12.0. The highest BCUT2D eigenvalue weighted by Gasteiger charge is 2.12. The number of benzene rings is 1. The molecule has 0 N–H and O–H groups in total. The minimum Gasteiger partial charge on any atom is -0.294 e. The van der Waals surface area contributed by atoms with Gasteiger partial charge in [0.05, 0.1) is 10.9 Å². The Morgan fingerprint density at radius 2 is 2.00 bits per heavy atom. The minimum absolute atomic E-state index is 0.0135. The summed E-state index contributed by atoms with van der Waals surface area (Å²) in [6.07, 6.45) is 0.325. The molecule has 0 aliphatic heterocycles. The van der Waals surface area contributed by atoms with Gasteiger partial charge in [0.1, 0.15) is 5.82 Å². The lowest BCUT2D eigenvalue weighted by Gasteiger charge is -2.02. The van der Waals surface area contributed by atoms with Crippen LogP contribution in [0.2, 0.25) is 0 Å². The summed E-state index contributed by atoms with van der Waals surface area (Å²) in [5.41, 5.74) is 0.320. The highest BCUT2D eigenvalue weighted by molar-refractivity contribution is 9.09. The van der Waals surface area contributed by atoms with Crippen LogP contribution in [0.4, 0.5) is 4.39 Å². The summed E-state index contributed by atoms with van der Waals surface area (Å²) < 4.78 is 13.4. The van der Waals surface area contributed by atoms with E-state index in [4.69, 9.17) is 0 Å². The Morgan fingerprint density at radius 3 is 2.47 bits per heavy atom. The molecule has 4 heteroatoms. The van der Waals surface area contributed by atoms with Crippen LogP contribution in [0.5, 0.6) is 0 Å². The normalized spacial score (nSPS) is 10.1. The molecule has 80 valence electrons. The van der Waals surface area contributed by atoms with E-state index < -0.39 is 5.82 Å². The van der Waals surface area contributed by atoms with Crippen molar-refractivity contribution in [2.24, 2.45) is 0 Å². The van der Waals surface area contributed by atoms with Crippen molar-refractivity contribution in [1.29, 1.82) is 0 Å². The average Bonchev–Trinajstić information content (AvgIpc) is 2.26. The van der Waals surface area contributed by atoms with E-state index in [1.54, 1.807) is 6.92 Å². The van der Waals surface area contributed by atoms with Gasteiger partial charge in [0.15, 0.2) is 11.6 Å². The topological polar surface area (TPSA) is 34.1 Å². The predicted octanol–water partition coefficient (Wildman–Crippen LogP) is 3.00. The zero-order chi connectivity index (χ0) is 11.4. The molecule has 0 fully saturated rings. The zero-order valence-corrected chi connectivity index (χ0v) is 9.80. The van der Waals surface area contributed by atoms with Crippen LogP contribution in [0.25, 0.3) is 0 Å². The maximum Gasteiger partial charge on any atom is 0.176 e. The quantitative estimate of drug-likeness (QED) is 0.624. The second-order valence-corrected chi connectivity index (χ2v) is 3.59. The van der Waals surface area contributed by atoms with Gasteiger partial charge >= 0.3 is 0 Å². The van der Waals surface area contributed by atoms with Gasteiger partial charge in [0.25, 0.3) is 0 Å². The Hall–Kier alpha value is -1.03. The van der Waals surface area contributed by atoms with Gasteiger partial charge in [-0.1, -0.05) is 28.9 Å². The van der Waals surface area contributed by atoms with E-state index in [-0.39, 0.29) is 22.5 Å². The molecule has 0 unspecified atom stereocenters. The zero-order valence-electron chi connectivity index (χ0n) is 8.22. The van der Waals surface area contributed by atoms with Crippen molar-refractivity contribution in [3.63, 3.8) is 0 Å². The second-order valence-electron chi connectivity index (χ2n) is 3.03. The third-order valence-electron chi connectivity index (χ3n) is 2.03. The molecule has 0 spiro atoms. The SMILES string of the molecule is CCC(=O)c1ccc(C(=O)CBr)c(F)c1. The van der Waals surface area contributed by atoms with Crippen LogP contribution in [-0.4, -0.2) is 16.9 Å². The number of alkyl halides is 1. The van der Waals surface area contributed by atoms with Crippen molar-refractivity contribution >= 4 is 27.5 Å². The molecule has 1 aromatic rings. The van der Waals surface area contributed by atoms with Crippen LogP contribution >= 0.6 is 15.9 Å². The number of hydrogen-bond acceptors (Lipinski definition) is 2. The molecular weight excluding hydrogens is 263 g/mol. The van der Waals surface area contributed by atoms with E-state index in [0.717, 1.165) is 6.07 Å². The summed E-state index contributed by atoms with van der Waals surface area (Å²) in [5, 5.41) is 0.0744. The van der Waals surface area contributed by atoms with Crippen LogP contribution < -0.4 is 0 Å². The molecule has 0 heterocycles. The second kappa shape index (κ2) is 5.16. The third-order valence-corrected chi connectivity index (χ3v) is 2.54. The molecule has 2 nitrogen and oxygen atoms in total. The van der Waals surface area contributed by atoms with Gasteiger partial charge < -0.3 is 0 Å². The van der Waals surface area contributed by atoms with Crippen molar-refractivity contribution < 1.29 is 14.0 Å². The Balaban J connectivity index is 3.08. The van der Waals surface area contributed by atoms with E-state index in [1.807, 2.05) is 0 Å². The van der Waals surface area contributed by atoms with E-state index in [1.165, 1.54) is 12.1 Å². The Morgan fingerprint density at radius 1 is 1.33 bits per heavy atom. The first-order valence-corrected chi connectivity index (χ1v) is 5.64. The highest BCUT2D eigenvalue weighted by atomic mass is 79.9. The molecule has 0 atom stereocenters. The molecule has 1 rings (SSSR count). The maximum absolute atomic E-state index is 13.4. The fourth-order valence-corrected chi connectivity index (χ4v) is 1.49. The van der Waals surface area contributed by atoms with Gasteiger partial charge in [-0.3, -0.25) is 9.59 Å². The van der Waals surface area contributed by atoms with Crippen molar-refractivity contribution in [3.8, 4) is 0 Å². The summed E-state index contributed by atoms with van der Waals surface area (Å²) in [7, 11) is 0. The molecule has 15 heavy (non-hydrogen) atoms. The monoisotopic (exact) mass is 272 g/mol. The molecule has 0 amide bonds. The number of rotatable bonds is 4. The van der Waals surface area contributed by atoms with Crippen LogP contribution in [-0.2, 0) is 0 Å². The van der Waals surface area contributed by atoms with Crippen molar-refractivity contribution in [2.75, 3.05) is 5.33 Å². The summed E-state index contributed by atoms with van der Waals surface area (Å²) in [6.45, 7) is 1.71. The number of hydrogen-bond donors (Lipinski definition) is 0. The lowest BCUT2D eigenvalue weighted by atomic mass is 10.0. The Bertz CT molecular complexity index is 402. The van der Waals surface area contributed by atoms with Gasteiger partial charge in [0, 0.05) is 12.0 Å². The first-order chi connectivity index (χ1) is 7.10. The minimum atomic E-state index is -0.640. The molecule has 0 saturated carbocycles. The maximum atomic E-state index is 13.4. The molecule has 1 aromatic carbocycles. The first-order valence-electron chi connectivity index (χ1n) is 4.52. The summed E-state index contributed by atoms with van der Waals surface area (Å²) >= 11 is 2.96. The van der Waals surface area contributed by atoms with E-state index in [9.17, 15) is 14.0 Å². The lowest BCUT2D eigenvalue weighted by Crippen LogP contribution is -2.05. The van der Waals surface area contributed by atoms with Gasteiger partial charge in [-0.15, -0.1) is 0 Å². The van der Waals surface area contributed by atoms with Crippen LogP contribution in [0.3, 0.4) is 0 Å². The standard InChI is InChI=1S/C11H10BrFO2/c1-2-10(14)7-3-4-8(9(13)5-7)11(15)6-12/h3-5H,2,6H2,1H3. The number of carbonyl (C=O) groups is 2. The van der Waals surface area contributed by atoms with E-state index in [2.05, 4.69) is 15.9 Å². The fraction of sp³-hybridized carbons (Fsp3) is 0.273. The van der Waals surface area contributed by atoms with E-state index >= 15 is 0 Å². The number of Topliss-reactive ketones (excluding diaryl/α,β-unsaturated/α-hetero) is 2. The van der Waals surface area contributed by atoms with Crippen LogP contribution in [0.15, 0.2) is 18.2 Å². The van der Waals surface area contributed by atoms with Crippen molar-refractivity contribution in [1.82, 2.24) is 0 Å². The summed E-state index contributed by atoms with van der Waals surface area (Å²) in [5.74, 6) is -1.10.